The van der Waals surface area contributed by atoms with Gasteiger partial charge in [0.1, 0.15) is 6.33 Å². The van der Waals surface area contributed by atoms with Gasteiger partial charge in [0.2, 0.25) is 11.6 Å². The van der Waals surface area contributed by atoms with Gasteiger partial charge in [-0.2, -0.15) is 0 Å². The summed E-state index contributed by atoms with van der Waals surface area (Å²) in [5.74, 6) is 0.374. The largest absolute Gasteiger partial charge is 0.290 e. The molecule has 1 aromatic carbocycles. The summed E-state index contributed by atoms with van der Waals surface area (Å²) in [4.78, 5) is 16.8. The van der Waals surface area contributed by atoms with Crippen LogP contribution in [0.3, 0.4) is 0 Å². The number of Topliss-reactive ketones (excluding diaryl/α,β-unsaturated/α-hetero) is 1. The van der Waals surface area contributed by atoms with Crippen LogP contribution in [0.1, 0.15) is 49.1 Å². The fraction of sp³-hybridized carbons (Fsp3) is 0.500. The van der Waals surface area contributed by atoms with Gasteiger partial charge < -0.3 is 0 Å². The zero-order valence-electron chi connectivity index (χ0n) is 14.2. The first-order chi connectivity index (χ1) is 12.1. The van der Waals surface area contributed by atoms with Gasteiger partial charge in [-0.3, -0.25) is 9.48 Å². The highest BCUT2D eigenvalue weighted by molar-refractivity contribution is 7.91. The minimum atomic E-state index is -3.29. The lowest BCUT2D eigenvalue weighted by Gasteiger charge is -2.18. The van der Waals surface area contributed by atoms with Crippen molar-refractivity contribution in [3.05, 3.63) is 42.5 Å². The van der Waals surface area contributed by atoms with Crippen LogP contribution in [0.2, 0.25) is 0 Å². The molecule has 25 heavy (non-hydrogen) atoms. The Morgan fingerprint density at radius 3 is 2.56 bits per heavy atom. The standard InChI is InChI=1S/C18H23N3O3S/c22-17(15-8-3-1-4-9-15)18-19-14-21(20-18)12-7-13-25(23,24)16-10-5-2-6-11-16/h2,5-6,10-11,14-15H,1,3-4,7-9,12-13H2. The number of carbonyl (C=O) groups is 1. The molecular weight excluding hydrogens is 338 g/mol. The molecule has 0 aliphatic heterocycles. The molecule has 1 aliphatic rings. The van der Waals surface area contributed by atoms with Crippen LogP contribution in [-0.2, 0) is 16.4 Å². The van der Waals surface area contributed by atoms with Crippen LogP contribution in [0, 0.1) is 5.92 Å². The summed E-state index contributed by atoms with van der Waals surface area (Å²) in [6.07, 6.45) is 7.17. The Bertz CT molecular complexity index is 809. The van der Waals surface area contributed by atoms with E-state index >= 15 is 0 Å². The predicted molar refractivity (Wildman–Crippen MR) is 94.0 cm³/mol. The lowest BCUT2D eigenvalue weighted by atomic mass is 9.86. The number of aryl methyl sites for hydroxylation is 1. The molecule has 1 aliphatic carbocycles. The summed E-state index contributed by atoms with van der Waals surface area (Å²) in [6.45, 7) is 0.428. The van der Waals surface area contributed by atoms with E-state index in [2.05, 4.69) is 10.1 Å². The maximum atomic E-state index is 12.4. The molecule has 1 aromatic heterocycles. The average Bonchev–Trinajstić information content (AvgIpc) is 3.11. The smallest absolute Gasteiger partial charge is 0.217 e. The molecule has 0 atom stereocenters. The van der Waals surface area contributed by atoms with Crippen LogP contribution >= 0.6 is 0 Å². The minimum absolute atomic E-state index is 0.0235. The molecule has 1 fully saturated rings. The van der Waals surface area contributed by atoms with Gasteiger partial charge in [-0.25, -0.2) is 13.4 Å². The molecule has 0 radical (unpaired) electrons. The van der Waals surface area contributed by atoms with E-state index in [-0.39, 0.29) is 23.3 Å². The number of sulfone groups is 1. The van der Waals surface area contributed by atoms with Crippen LogP contribution in [0.15, 0.2) is 41.6 Å². The van der Waals surface area contributed by atoms with Gasteiger partial charge in [0, 0.05) is 12.5 Å². The molecule has 134 valence electrons. The molecule has 7 heteroatoms. The summed E-state index contributed by atoms with van der Waals surface area (Å²) in [6, 6.07) is 8.43. The minimum Gasteiger partial charge on any atom is -0.290 e. The maximum absolute atomic E-state index is 12.4. The normalized spacial score (nSPS) is 16.0. The van der Waals surface area contributed by atoms with Crippen molar-refractivity contribution in [2.75, 3.05) is 5.75 Å². The Balaban J connectivity index is 1.54. The van der Waals surface area contributed by atoms with Gasteiger partial charge in [-0.15, -0.1) is 5.10 Å². The summed E-state index contributed by atoms with van der Waals surface area (Å²) in [5.41, 5.74) is 0. The molecule has 6 nitrogen and oxygen atoms in total. The van der Waals surface area contributed by atoms with Gasteiger partial charge in [0.15, 0.2) is 9.84 Å². The number of benzene rings is 1. The van der Waals surface area contributed by atoms with Crippen molar-refractivity contribution in [1.29, 1.82) is 0 Å². The number of carbonyl (C=O) groups excluding carboxylic acids is 1. The van der Waals surface area contributed by atoms with Crippen LogP contribution in [0.5, 0.6) is 0 Å². The quantitative estimate of drug-likeness (QED) is 0.708. The van der Waals surface area contributed by atoms with Crippen molar-refractivity contribution in [3.8, 4) is 0 Å². The second-order valence-corrected chi connectivity index (χ2v) is 8.63. The monoisotopic (exact) mass is 361 g/mol. The van der Waals surface area contributed by atoms with E-state index < -0.39 is 9.84 Å². The highest BCUT2D eigenvalue weighted by Gasteiger charge is 2.25. The van der Waals surface area contributed by atoms with Crippen molar-refractivity contribution in [3.63, 3.8) is 0 Å². The molecule has 3 rings (SSSR count). The number of rotatable bonds is 7. The van der Waals surface area contributed by atoms with Crippen molar-refractivity contribution >= 4 is 15.6 Å². The van der Waals surface area contributed by atoms with Gasteiger partial charge in [0.25, 0.3) is 0 Å². The van der Waals surface area contributed by atoms with E-state index in [1.165, 1.54) is 12.7 Å². The third kappa shape index (κ3) is 4.54. The second-order valence-electron chi connectivity index (χ2n) is 6.52. The van der Waals surface area contributed by atoms with Crippen LogP contribution in [0.25, 0.3) is 0 Å². The Kier molecular flexibility index (Phi) is 5.63. The molecule has 0 bridgehead atoms. The Morgan fingerprint density at radius 1 is 1.12 bits per heavy atom. The summed E-state index contributed by atoms with van der Waals surface area (Å²) >= 11 is 0. The van der Waals surface area contributed by atoms with Crippen molar-refractivity contribution < 1.29 is 13.2 Å². The fourth-order valence-corrected chi connectivity index (χ4v) is 4.54. The van der Waals surface area contributed by atoms with Gasteiger partial charge in [-0.1, -0.05) is 37.5 Å². The first-order valence-corrected chi connectivity index (χ1v) is 10.4. The summed E-state index contributed by atoms with van der Waals surface area (Å²) < 4.78 is 26.1. The molecular formula is C18H23N3O3S. The third-order valence-electron chi connectivity index (χ3n) is 4.64. The zero-order chi connectivity index (χ0) is 17.7. The van der Waals surface area contributed by atoms with E-state index in [0.717, 1.165) is 25.7 Å². The Labute approximate surface area is 148 Å². The van der Waals surface area contributed by atoms with Gasteiger partial charge in [-0.05, 0) is 31.4 Å². The van der Waals surface area contributed by atoms with E-state index in [9.17, 15) is 13.2 Å². The molecule has 1 heterocycles. The number of ketones is 1. The van der Waals surface area contributed by atoms with Crippen LogP contribution in [-0.4, -0.2) is 34.7 Å². The third-order valence-corrected chi connectivity index (χ3v) is 6.45. The zero-order valence-corrected chi connectivity index (χ0v) is 15.0. The van der Waals surface area contributed by atoms with E-state index in [1.807, 2.05) is 0 Å². The lowest BCUT2D eigenvalue weighted by Crippen LogP contribution is -2.19. The molecule has 1 saturated carbocycles. The topological polar surface area (TPSA) is 81.9 Å². The first-order valence-electron chi connectivity index (χ1n) is 8.78. The molecule has 2 aromatic rings. The molecule has 0 amide bonds. The average molecular weight is 361 g/mol. The van der Waals surface area contributed by atoms with E-state index in [1.54, 1.807) is 35.0 Å². The second kappa shape index (κ2) is 7.91. The Hall–Kier alpha value is -2.02. The van der Waals surface area contributed by atoms with Crippen LogP contribution < -0.4 is 0 Å². The molecule has 0 unspecified atom stereocenters. The molecule has 0 spiro atoms. The number of nitrogens with zero attached hydrogens (tertiary/aromatic N) is 3. The summed E-state index contributed by atoms with van der Waals surface area (Å²) in [5, 5.41) is 4.24. The molecule has 0 N–H and O–H groups in total. The Morgan fingerprint density at radius 2 is 1.84 bits per heavy atom. The maximum Gasteiger partial charge on any atom is 0.217 e. The highest BCUT2D eigenvalue weighted by Crippen LogP contribution is 2.25. The fourth-order valence-electron chi connectivity index (χ4n) is 3.22. The summed E-state index contributed by atoms with van der Waals surface area (Å²) in [7, 11) is -3.29. The van der Waals surface area contributed by atoms with Crippen molar-refractivity contribution in [2.24, 2.45) is 5.92 Å². The lowest BCUT2D eigenvalue weighted by molar-refractivity contribution is 0.0878. The van der Waals surface area contributed by atoms with E-state index in [0.29, 0.717) is 17.9 Å². The first kappa shape index (κ1) is 17.8. The van der Waals surface area contributed by atoms with Crippen molar-refractivity contribution in [2.45, 2.75) is 50.0 Å². The van der Waals surface area contributed by atoms with Crippen LogP contribution in [0.4, 0.5) is 0 Å². The highest BCUT2D eigenvalue weighted by atomic mass is 32.2. The van der Waals surface area contributed by atoms with Gasteiger partial charge in [0.05, 0.1) is 10.6 Å². The number of hydrogen-bond acceptors (Lipinski definition) is 5. The van der Waals surface area contributed by atoms with Crippen molar-refractivity contribution in [1.82, 2.24) is 14.8 Å². The van der Waals surface area contributed by atoms with Gasteiger partial charge >= 0.3 is 0 Å². The number of hydrogen-bond donors (Lipinski definition) is 0. The SMILES string of the molecule is O=C(c1ncn(CCCS(=O)(=O)c2ccccc2)n1)C1CCCCC1. The molecule has 0 saturated heterocycles. The number of aromatic nitrogens is 3. The van der Waals surface area contributed by atoms with E-state index in [4.69, 9.17) is 0 Å². The predicted octanol–water partition coefficient (Wildman–Crippen LogP) is 2.91.